The van der Waals surface area contributed by atoms with Crippen molar-refractivity contribution in [2.24, 2.45) is 0 Å². The molecular weight excluding hydrogens is 309 g/mol. The number of nitriles is 1. The molecule has 0 amide bonds. The zero-order chi connectivity index (χ0) is 15.2. The van der Waals surface area contributed by atoms with Crippen molar-refractivity contribution in [3.8, 4) is 6.07 Å². The average molecular weight is 320 g/mol. The van der Waals surface area contributed by atoms with Crippen LogP contribution in [0.3, 0.4) is 0 Å². The highest BCUT2D eigenvalue weighted by atomic mass is 35.5. The van der Waals surface area contributed by atoms with Crippen molar-refractivity contribution in [3.05, 3.63) is 69.2 Å². The molecule has 0 radical (unpaired) electrons. The predicted octanol–water partition coefficient (Wildman–Crippen LogP) is 4.15. The topological polar surface area (TPSA) is 50.1 Å². The van der Waals surface area contributed by atoms with Gasteiger partial charge in [-0.15, -0.1) is 0 Å². The van der Waals surface area contributed by atoms with Gasteiger partial charge in [-0.1, -0.05) is 41.4 Å². The van der Waals surface area contributed by atoms with Crippen LogP contribution in [0.15, 0.2) is 42.5 Å². The van der Waals surface area contributed by atoms with Crippen LogP contribution in [0, 0.1) is 11.3 Å². The number of hydrogen-bond acceptors (Lipinski definition) is 3. The number of carbonyl (C=O) groups excluding carboxylic acids is 1. The molecule has 0 saturated carbocycles. The molecule has 0 aliphatic carbocycles. The Labute approximate surface area is 132 Å². The molecule has 2 rings (SSSR count). The number of carbonyl (C=O) groups is 1. The highest BCUT2D eigenvalue weighted by Gasteiger charge is 2.12. The first-order valence-electron chi connectivity index (χ1n) is 6.17. The monoisotopic (exact) mass is 319 g/mol. The fourth-order valence-electron chi connectivity index (χ4n) is 1.74. The molecule has 0 saturated heterocycles. The van der Waals surface area contributed by atoms with E-state index in [0.29, 0.717) is 21.2 Å². The lowest BCUT2D eigenvalue weighted by atomic mass is 10.1. The van der Waals surface area contributed by atoms with Crippen LogP contribution in [0.25, 0.3) is 0 Å². The first kappa shape index (κ1) is 15.4. The SMILES string of the molecule is N#Cc1ccc(COC(=O)Cc2c(Cl)cccc2Cl)cc1. The number of ether oxygens (including phenoxy) is 1. The quantitative estimate of drug-likeness (QED) is 0.795. The van der Waals surface area contributed by atoms with Crippen LogP contribution in [-0.4, -0.2) is 5.97 Å². The largest absolute Gasteiger partial charge is 0.461 e. The van der Waals surface area contributed by atoms with Crippen LogP contribution in [0.4, 0.5) is 0 Å². The molecule has 21 heavy (non-hydrogen) atoms. The number of benzene rings is 2. The second-order valence-corrected chi connectivity index (χ2v) is 5.16. The van der Waals surface area contributed by atoms with E-state index in [4.69, 9.17) is 33.2 Å². The summed E-state index contributed by atoms with van der Waals surface area (Å²) in [6, 6.07) is 13.9. The Morgan fingerprint density at radius 2 is 1.71 bits per heavy atom. The van der Waals surface area contributed by atoms with Gasteiger partial charge in [0.05, 0.1) is 18.1 Å². The normalized spacial score (nSPS) is 9.95. The summed E-state index contributed by atoms with van der Waals surface area (Å²) in [5, 5.41) is 9.59. The molecule has 0 unspecified atom stereocenters. The number of nitrogens with zero attached hydrogens (tertiary/aromatic N) is 1. The first-order valence-corrected chi connectivity index (χ1v) is 6.93. The summed E-state index contributed by atoms with van der Waals surface area (Å²) in [7, 11) is 0. The zero-order valence-electron chi connectivity index (χ0n) is 11.0. The van der Waals surface area contributed by atoms with Crippen LogP contribution in [0.5, 0.6) is 0 Å². The summed E-state index contributed by atoms with van der Waals surface area (Å²) in [6.07, 6.45) is 0.0226. The third kappa shape index (κ3) is 4.22. The summed E-state index contributed by atoms with van der Waals surface area (Å²) < 4.78 is 5.18. The van der Waals surface area contributed by atoms with Crippen molar-refractivity contribution in [2.75, 3.05) is 0 Å². The van der Waals surface area contributed by atoms with E-state index >= 15 is 0 Å². The Bertz CT molecular complexity index is 670. The van der Waals surface area contributed by atoms with E-state index in [1.165, 1.54) is 0 Å². The minimum absolute atomic E-state index is 0.0226. The third-order valence-corrected chi connectivity index (χ3v) is 3.57. The average Bonchev–Trinajstić information content (AvgIpc) is 2.49. The van der Waals surface area contributed by atoms with Crippen molar-refractivity contribution < 1.29 is 9.53 Å². The van der Waals surface area contributed by atoms with Gasteiger partial charge in [0, 0.05) is 15.6 Å². The van der Waals surface area contributed by atoms with Crippen molar-refractivity contribution >= 4 is 29.2 Å². The summed E-state index contributed by atoms with van der Waals surface area (Å²) in [6.45, 7) is 0.145. The van der Waals surface area contributed by atoms with Crippen LogP contribution in [-0.2, 0) is 22.6 Å². The number of esters is 1. The van der Waals surface area contributed by atoms with E-state index in [2.05, 4.69) is 0 Å². The van der Waals surface area contributed by atoms with Crippen LogP contribution < -0.4 is 0 Å². The van der Waals surface area contributed by atoms with E-state index in [9.17, 15) is 4.79 Å². The fraction of sp³-hybridized carbons (Fsp3) is 0.125. The summed E-state index contributed by atoms with van der Waals surface area (Å²) >= 11 is 12.0. The van der Waals surface area contributed by atoms with Gasteiger partial charge in [-0.2, -0.15) is 5.26 Å². The lowest BCUT2D eigenvalue weighted by molar-refractivity contribution is -0.144. The summed E-state index contributed by atoms with van der Waals surface area (Å²) in [5.74, 6) is -0.408. The van der Waals surface area contributed by atoms with E-state index in [0.717, 1.165) is 5.56 Å². The molecule has 0 atom stereocenters. The van der Waals surface area contributed by atoms with E-state index in [-0.39, 0.29) is 13.0 Å². The zero-order valence-corrected chi connectivity index (χ0v) is 12.5. The molecule has 0 aliphatic heterocycles. The van der Waals surface area contributed by atoms with Gasteiger partial charge >= 0.3 is 5.97 Å². The second kappa shape index (κ2) is 7.12. The van der Waals surface area contributed by atoms with E-state index in [1.807, 2.05) is 6.07 Å². The van der Waals surface area contributed by atoms with Gasteiger partial charge in [0.25, 0.3) is 0 Å². The maximum Gasteiger partial charge on any atom is 0.310 e. The molecule has 0 bridgehead atoms. The van der Waals surface area contributed by atoms with Crippen molar-refractivity contribution in [2.45, 2.75) is 13.0 Å². The smallest absolute Gasteiger partial charge is 0.310 e. The second-order valence-electron chi connectivity index (χ2n) is 4.35. The van der Waals surface area contributed by atoms with Crippen molar-refractivity contribution in [3.63, 3.8) is 0 Å². The van der Waals surface area contributed by atoms with Gasteiger partial charge < -0.3 is 4.74 Å². The molecule has 0 spiro atoms. The van der Waals surface area contributed by atoms with Gasteiger partial charge in [-0.3, -0.25) is 4.79 Å². The van der Waals surface area contributed by atoms with Gasteiger partial charge in [-0.05, 0) is 29.8 Å². The lowest BCUT2D eigenvalue weighted by Crippen LogP contribution is -2.08. The number of hydrogen-bond donors (Lipinski definition) is 0. The minimum Gasteiger partial charge on any atom is -0.461 e. The number of halogens is 2. The number of rotatable bonds is 4. The Balaban J connectivity index is 1.94. The Kier molecular flexibility index (Phi) is 5.21. The van der Waals surface area contributed by atoms with Crippen LogP contribution in [0.2, 0.25) is 10.0 Å². The molecule has 0 heterocycles. The first-order chi connectivity index (χ1) is 10.1. The molecule has 0 N–H and O–H groups in total. The van der Waals surface area contributed by atoms with Crippen molar-refractivity contribution in [1.29, 1.82) is 5.26 Å². The Morgan fingerprint density at radius 1 is 1.10 bits per heavy atom. The third-order valence-electron chi connectivity index (χ3n) is 2.87. The van der Waals surface area contributed by atoms with Gasteiger partial charge in [0.15, 0.2) is 0 Å². The highest BCUT2D eigenvalue weighted by molar-refractivity contribution is 6.36. The standard InChI is InChI=1S/C16H11Cl2NO2/c17-14-2-1-3-15(18)13(14)8-16(20)21-10-12-6-4-11(9-19)5-7-12/h1-7H,8,10H2. The van der Waals surface area contributed by atoms with Gasteiger partial charge in [0.2, 0.25) is 0 Å². The Hall–Kier alpha value is -2.02. The van der Waals surface area contributed by atoms with Crippen LogP contribution in [0.1, 0.15) is 16.7 Å². The van der Waals surface area contributed by atoms with Crippen LogP contribution >= 0.6 is 23.2 Å². The molecular formula is C16H11Cl2NO2. The maximum atomic E-state index is 11.8. The molecule has 3 nitrogen and oxygen atoms in total. The van der Waals surface area contributed by atoms with Crippen molar-refractivity contribution in [1.82, 2.24) is 0 Å². The molecule has 0 aliphatic rings. The van der Waals surface area contributed by atoms with Gasteiger partial charge in [-0.25, -0.2) is 0 Å². The maximum absolute atomic E-state index is 11.8. The fourth-order valence-corrected chi connectivity index (χ4v) is 2.27. The summed E-state index contributed by atoms with van der Waals surface area (Å²) in [5.41, 5.74) is 1.94. The van der Waals surface area contributed by atoms with E-state index < -0.39 is 5.97 Å². The summed E-state index contributed by atoms with van der Waals surface area (Å²) in [4.78, 5) is 11.8. The molecule has 5 heteroatoms. The Morgan fingerprint density at radius 3 is 2.29 bits per heavy atom. The molecule has 0 aromatic heterocycles. The molecule has 0 fully saturated rings. The highest BCUT2D eigenvalue weighted by Crippen LogP contribution is 2.25. The van der Waals surface area contributed by atoms with Gasteiger partial charge in [0.1, 0.15) is 6.61 Å². The predicted molar refractivity (Wildman–Crippen MR) is 81.1 cm³/mol. The molecule has 2 aromatic rings. The lowest BCUT2D eigenvalue weighted by Gasteiger charge is -2.08. The molecule has 2 aromatic carbocycles. The minimum atomic E-state index is -0.408. The molecule has 106 valence electrons. The van der Waals surface area contributed by atoms with E-state index in [1.54, 1.807) is 42.5 Å².